The maximum atomic E-state index is 12.3. The number of thioether (sulfide) groups is 1. The van der Waals surface area contributed by atoms with Gasteiger partial charge in [-0.05, 0) is 17.7 Å². The van der Waals surface area contributed by atoms with Gasteiger partial charge in [0.05, 0.1) is 5.75 Å². The molecule has 1 aliphatic rings. The number of esters is 1. The third-order valence-electron chi connectivity index (χ3n) is 4.43. The number of ether oxygens (including phenoxy) is 1. The number of piperazine rings is 1. The van der Waals surface area contributed by atoms with Gasteiger partial charge in [-0.1, -0.05) is 48.5 Å². The van der Waals surface area contributed by atoms with Crippen molar-refractivity contribution in [3.05, 3.63) is 66.2 Å². The van der Waals surface area contributed by atoms with Crippen LogP contribution in [0.4, 0.5) is 0 Å². The van der Waals surface area contributed by atoms with Gasteiger partial charge in [0, 0.05) is 37.6 Å². The molecule has 6 heteroatoms. The Kier molecular flexibility index (Phi) is 7.30. The number of hydrogen-bond acceptors (Lipinski definition) is 5. The fourth-order valence-electron chi connectivity index (χ4n) is 2.93. The summed E-state index contributed by atoms with van der Waals surface area (Å²) in [7, 11) is 0. The molecular formula is C21H24N2O3S. The molecule has 1 amide bonds. The van der Waals surface area contributed by atoms with Crippen LogP contribution >= 0.6 is 11.8 Å². The lowest BCUT2D eigenvalue weighted by atomic mass is 10.2. The van der Waals surface area contributed by atoms with Gasteiger partial charge < -0.3 is 9.64 Å². The summed E-state index contributed by atoms with van der Waals surface area (Å²) in [6, 6.07) is 20.0. The van der Waals surface area contributed by atoms with Crippen LogP contribution in [0.25, 0.3) is 0 Å². The number of hydrogen-bond donors (Lipinski definition) is 0. The molecule has 0 aliphatic carbocycles. The molecule has 2 aromatic carbocycles. The summed E-state index contributed by atoms with van der Waals surface area (Å²) in [5, 5.41) is 0. The van der Waals surface area contributed by atoms with E-state index in [1.807, 2.05) is 48.5 Å². The largest absolute Gasteiger partial charge is 0.455 e. The fourth-order valence-corrected chi connectivity index (χ4v) is 3.65. The van der Waals surface area contributed by atoms with E-state index in [-0.39, 0.29) is 24.2 Å². The Morgan fingerprint density at radius 1 is 0.889 bits per heavy atom. The van der Waals surface area contributed by atoms with Gasteiger partial charge in [-0.15, -0.1) is 11.8 Å². The lowest BCUT2D eigenvalue weighted by Crippen LogP contribution is -2.49. The third kappa shape index (κ3) is 6.41. The molecule has 0 saturated carbocycles. The first-order valence-electron chi connectivity index (χ1n) is 9.08. The fraction of sp³-hybridized carbons (Fsp3) is 0.333. The molecule has 27 heavy (non-hydrogen) atoms. The third-order valence-corrected chi connectivity index (χ3v) is 5.42. The Labute approximate surface area is 164 Å². The minimum absolute atomic E-state index is 0.118. The van der Waals surface area contributed by atoms with E-state index in [0.717, 1.165) is 24.5 Å². The summed E-state index contributed by atoms with van der Waals surface area (Å²) in [5.74, 6) is -0.269. The molecule has 0 aromatic heterocycles. The van der Waals surface area contributed by atoms with Gasteiger partial charge in [0.25, 0.3) is 5.91 Å². The summed E-state index contributed by atoms with van der Waals surface area (Å²) in [6.45, 7) is 3.72. The lowest BCUT2D eigenvalue weighted by Gasteiger charge is -2.34. The van der Waals surface area contributed by atoms with Gasteiger partial charge in [-0.25, -0.2) is 0 Å². The Morgan fingerprint density at radius 2 is 1.52 bits per heavy atom. The standard InChI is InChI=1S/C21H24N2O3S/c24-20(16-26-21(25)17-27-19-9-5-2-6-10-19)23-13-11-22(12-14-23)15-18-7-3-1-4-8-18/h1-10H,11-17H2. The van der Waals surface area contributed by atoms with Crippen molar-refractivity contribution in [1.29, 1.82) is 0 Å². The molecule has 0 spiro atoms. The zero-order valence-corrected chi connectivity index (χ0v) is 16.1. The van der Waals surface area contributed by atoms with Gasteiger partial charge in [0.15, 0.2) is 6.61 Å². The lowest BCUT2D eigenvalue weighted by molar-refractivity contribution is -0.150. The van der Waals surface area contributed by atoms with Crippen molar-refractivity contribution >= 4 is 23.6 Å². The quantitative estimate of drug-likeness (QED) is 0.543. The minimum atomic E-state index is -0.361. The number of amides is 1. The topological polar surface area (TPSA) is 49.9 Å². The number of nitrogens with zero attached hydrogens (tertiary/aromatic N) is 2. The van der Waals surface area contributed by atoms with Crippen molar-refractivity contribution in [2.75, 3.05) is 38.5 Å². The molecule has 142 valence electrons. The predicted octanol–water partition coefficient (Wildman–Crippen LogP) is 2.67. The van der Waals surface area contributed by atoms with E-state index in [9.17, 15) is 9.59 Å². The van der Waals surface area contributed by atoms with E-state index < -0.39 is 0 Å². The molecule has 0 unspecified atom stereocenters. The van der Waals surface area contributed by atoms with Crippen LogP contribution < -0.4 is 0 Å². The van der Waals surface area contributed by atoms with Gasteiger partial charge in [0.2, 0.25) is 0 Å². The van der Waals surface area contributed by atoms with Crippen LogP contribution in [-0.2, 0) is 20.9 Å². The van der Waals surface area contributed by atoms with E-state index >= 15 is 0 Å². The first-order chi connectivity index (χ1) is 13.2. The summed E-state index contributed by atoms with van der Waals surface area (Å²) >= 11 is 1.41. The molecule has 1 fully saturated rings. The monoisotopic (exact) mass is 384 g/mol. The highest BCUT2D eigenvalue weighted by Gasteiger charge is 2.22. The van der Waals surface area contributed by atoms with Gasteiger partial charge in [-0.2, -0.15) is 0 Å². The van der Waals surface area contributed by atoms with Crippen molar-refractivity contribution in [1.82, 2.24) is 9.80 Å². The van der Waals surface area contributed by atoms with Crippen LogP contribution in [0.1, 0.15) is 5.56 Å². The molecule has 3 rings (SSSR count). The van der Waals surface area contributed by atoms with Crippen molar-refractivity contribution in [3.8, 4) is 0 Å². The zero-order valence-electron chi connectivity index (χ0n) is 15.3. The molecule has 5 nitrogen and oxygen atoms in total. The van der Waals surface area contributed by atoms with Crippen LogP contribution in [0.3, 0.4) is 0 Å². The normalized spacial score (nSPS) is 14.7. The molecule has 0 atom stereocenters. The van der Waals surface area contributed by atoms with Crippen LogP contribution in [0, 0.1) is 0 Å². The van der Waals surface area contributed by atoms with E-state index in [1.165, 1.54) is 17.3 Å². The van der Waals surface area contributed by atoms with E-state index in [2.05, 4.69) is 17.0 Å². The first kappa shape index (κ1) is 19.5. The van der Waals surface area contributed by atoms with Gasteiger partial charge in [0.1, 0.15) is 0 Å². The van der Waals surface area contributed by atoms with Crippen LogP contribution in [-0.4, -0.2) is 60.2 Å². The predicted molar refractivity (Wildman–Crippen MR) is 106 cm³/mol. The number of carbonyl (C=O) groups is 2. The summed E-state index contributed by atoms with van der Waals surface area (Å²) in [4.78, 5) is 29.2. The van der Waals surface area contributed by atoms with Crippen molar-refractivity contribution in [2.24, 2.45) is 0 Å². The Balaban J connectivity index is 1.34. The molecular weight excluding hydrogens is 360 g/mol. The highest BCUT2D eigenvalue weighted by atomic mass is 32.2. The van der Waals surface area contributed by atoms with Crippen molar-refractivity contribution in [2.45, 2.75) is 11.4 Å². The Bertz CT molecular complexity index is 732. The molecule has 0 N–H and O–H groups in total. The maximum Gasteiger partial charge on any atom is 0.316 e. The smallest absolute Gasteiger partial charge is 0.316 e. The second-order valence-corrected chi connectivity index (χ2v) is 7.45. The highest BCUT2D eigenvalue weighted by Crippen LogP contribution is 2.16. The SMILES string of the molecule is O=C(CSc1ccccc1)OCC(=O)N1CCN(Cc2ccccc2)CC1. The molecule has 1 aliphatic heterocycles. The summed E-state index contributed by atoms with van der Waals surface area (Å²) in [5.41, 5.74) is 1.28. The maximum absolute atomic E-state index is 12.3. The highest BCUT2D eigenvalue weighted by molar-refractivity contribution is 8.00. The number of benzene rings is 2. The molecule has 1 saturated heterocycles. The molecule has 2 aromatic rings. The van der Waals surface area contributed by atoms with Crippen LogP contribution in [0.15, 0.2) is 65.6 Å². The second-order valence-electron chi connectivity index (χ2n) is 6.40. The molecule has 0 radical (unpaired) electrons. The van der Waals surface area contributed by atoms with Gasteiger partial charge in [-0.3, -0.25) is 14.5 Å². The van der Waals surface area contributed by atoms with E-state index in [4.69, 9.17) is 4.74 Å². The average molecular weight is 385 g/mol. The minimum Gasteiger partial charge on any atom is -0.455 e. The van der Waals surface area contributed by atoms with E-state index in [1.54, 1.807) is 4.90 Å². The average Bonchev–Trinajstić information content (AvgIpc) is 2.72. The first-order valence-corrected chi connectivity index (χ1v) is 10.1. The second kappa shape index (κ2) is 10.1. The Hall–Kier alpha value is -2.31. The van der Waals surface area contributed by atoms with Crippen molar-refractivity contribution < 1.29 is 14.3 Å². The number of carbonyl (C=O) groups excluding carboxylic acids is 2. The van der Waals surface area contributed by atoms with E-state index in [0.29, 0.717) is 13.1 Å². The molecule has 0 bridgehead atoms. The summed E-state index contributed by atoms with van der Waals surface area (Å²) in [6.07, 6.45) is 0. The number of rotatable bonds is 7. The Morgan fingerprint density at radius 3 is 2.19 bits per heavy atom. The zero-order chi connectivity index (χ0) is 18.9. The van der Waals surface area contributed by atoms with Crippen molar-refractivity contribution in [3.63, 3.8) is 0 Å². The van der Waals surface area contributed by atoms with Crippen LogP contribution in [0.2, 0.25) is 0 Å². The molecule has 1 heterocycles. The summed E-state index contributed by atoms with van der Waals surface area (Å²) < 4.78 is 5.14. The van der Waals surface area contributed by atoms with Crippen LogP contribution in [0.5, 0.6) is 0 Å². The van der Waals surface area contributed by atoms with Gasteiger partial charge >= 0.3 is 5.97 Å².